The number of carbonyl (C=O) groups is 13. The maximum atomic E-state index is 14.3. The predicted octanol–water partition coefficient (Wildman–Crippen LogP) is 7.24. The fourth-order valence-corrected chi connectivity index (χ4v) is 14.0. The Balaban J connectivity index is 0.651. The van der Waals surface area contributed by atoms with Crippen LogP contribution in [0.2, 0.25) is 0 Å². The first-order valence-electron chi connectivity index (χ1n) is 36.2. The molecule has 0 spiro atoms. The molecule has 5 N–H and O–H groups in total. The number of fused-ring (bicyclic) bond motifs is 3. The van der Waals surface area contributed by atoms with Gasteiger partial charge in [0, 0.05) is 133 Å². The van der Waals surface area contributed by atoms with Gasteiger partial charge < -0.3 is 63.9 Å². The Labute approximate surface area is 639 Å². The van der Waals surface area contributed by atoms with Gasteiger partial charge >= 0.3 is 6.09 Å². The monoisotopic (exact) mass is 1530 g/mol. The molecule has 30 nitrogen and oxygen atoms in total. The van der Waals surface area contributed by atoms with Crippen molar-refractivity contribution >= 4 is 116 Å². The molecular weight excluding hydrogens is 1440 g/mol. The molecule has 2 saturated heterocycles. The third kappa shape index (κ3) is 19.8. The van der Waals surface area contributed by atoms with Crippen LogP contribution in [0.15, 0.2) is 110 Å². The number of aryl methyl sites for hydroxylation is 4. The number of aromatic nitrogens is 5. The normalized spacial score (nSPS) is 16.0. The lowest BCUT2D eigenvalue weighted by Crippen LogP contribution is -2.50. The van der Waals surface area contributed by atoms with Gasteiger partial charge in [-0.15, -0.1) is 0 Å². The number of aliphatic hydroxyl groups is 1. The van der Waals surface area contributed by atoms with E-state index in [1.807, 2.05) is 13.8 Å². The van der Waals surface area contributed by atoms with Crippen molar-refractivity contribution in [2.24, 2.45) is 33.0 Å². The van der Waals surface area contributed by atoms with Gasteiger partial charge in [0.25, 0.3) is 17.7 Å². The lowest BCUT2D eigenvalue weighted by molar-refractivity contribution is -0.138. The van der Waals surface area contributed by atoms with Crippen molar-refractivity contribution in [2.75, 3.05) is 74.5 Å². The van der Waals surface area contributed by atoms with Gasteiger partial charge in [-0.1, -0.05) is 50.3 Å². The quantitative estimate of drug-likeness (QED) is 0.0112. The van der Waals surface area contributed by atoms with Gasteiger partial charge in [0.05, 0.1) is 72.8 Å². The van der Waals surface area contributed by atoms with Gasteiger partial charge in [-0.05, 0) is 111 Å². The first-order chi connectivity index (χ1) is 52.5. The molecule has 3 aliphatic rings. The molecule has 0 bridgehead atoms. The topological polar surface area (TPSA) is 370 Å². The summed E-state index contributed by atoms with van der Waals surface area (Å²) in [5.41, 5.74) is 5.10. The number of ether oxygens (including phenoxy) is 4. The van der Waals surface area contributed by atoms with E-state index in [9.17, 15) is 67.4 Å². The Hall–Kier alpha value is -11.2. The van der Waals surface area contributed by atoms with E-state index in [-0.39, 0.29) is 204 Å². The number of benzene rings is 3. The van der Waals surface area contributed by atoms with E-state index < -0.39 is 59.2 Å². The standard InChI is InChI=1S/C79H92N12O18S/c1-45(2)57(37-56(93)21-26-106-28-29-107-27-22-80-69(96)20-24-89-71(98)39-67(110-10)78(89)104)73(99)81-48(5)64(94)33-50-13-15-51(16-14-50)44-109-79(105)91-60-38-66(47(4)31-58(60)75(101)90-40-46(3)30-63(90)77(91)103)108-25-11-12-70(97)83-68-43-87(9)72(84-68)65(95)34-52-32-61(85(7)41-52)74(100)82-55-36-62(86(8)42-55)76(102)88-23-19-54-35-53(49(6)92)17-18-59(54)88/h13-19,23,31-32,35-36,38,41-43,45,48,57,63,67,77,103H,3,11-12,20-22,24-30,33-34,37,39-40,44H2,1-2,4-10H3,(H,80,96)(H,81,99)(H,82,100)(H,83,97)/t48-,57-,63-,67?,77?/m0/s1. The predicted molar refractivity (Wildman–Crippen MR) is 407 cm³/mol. The van der Waals surface area contributed by atoms with Crippen molar-refractivity contribution in [3.05, 3.63) is 160 Å². The molecular formula is C79H92N12O18S. The van der Waals surface area contributed by atoms with Gasteiger partial charge in [0.1, 0.15) is 29.5 Å². The summed E-state index contributed by atoms with van der Waals surface area (Å²) in [7, 11) is 4.96. The van der Waals surface area contributed by atoms with Crippen molar-refractivity contribution < 1.29 is 86.4 Å². The zero-order valence-electron chi connectivity index (χ0n) is 63.0. The highest BCUT2D eigenvalue weighted by Gasteiger charge is 2.46. The minimum Gasteiger partial charge on any atom is -0.493 e. The highest BCUT2D eigenvalue weighted by atomic mass is 32.2. The van der Waals surface area contributed by atoms with Crippen LogP contribution in [0.3, 0.4) is 0 Å². The van der Waals surface area contributed by atoms with Crippen LogP contribution < -0.4 is 30.9 Å². The Morgan fingerprint density at radius 3 is 2.20 bits per heavy atom. The summed E-state index contributed by atoms with van der Waals surface area (Å²) in [5.74, 6) is -4.42. The zero-order chi connectivity index (χ0) is 79.4. The number of Topliss-reactive ketones (excluding diaryl/α,β-unsaturated/α-hetero) is 4. The summed E-state index contributed by atoms with van der Waals surface area (Å²) in [5, 5.41) is 23.3. The lowest BCUT2D eigenvalue weighted by Gasteiger charge is -2.31. The first kappa shape index (κ1) is 81.4. The SMILES string of the molecule is C=C1C[C@H]2C(O)N(C(=O)OCc3ccc(CC(=O)[C@H](C)NC(=O)[C@@H](CC(=O)CCOCCOCCNC(=O)CCN4C(=O)CC(SC)C4=O)C(C)C)cc3)c3cc(OCCCC(=O)Nc4cn(C)c(C(=O)Cc5cc(C(=O)Nc6cc(C(=O)n7ccc8cc(C(C)=O)ccc87)n(C)c6)n(C)c5)n4)c(C)cc3C(=O)N2C1. The Bertz CT molecular complexity index is 4740. The molecule has 4 aromatic heterocycles. The smallest absolute Gasteiger partial charge is 0.416 e. The largest absolute Gasteiger partial charge is 0.493 e. The molecule has 3 aliphatic heterocycles. The molecule has 10 rings (SSSR count). The fraction of sp³-hybridized carbons (Fsp3) is 0.418. The van der Waals surface area contributed by atoms with Gasteiger partial charge in [-0.3, -0.25) is 67.0 Å². The molecule has 2 unspecified atom stereocenters. The second-order valence-corrected chi connectivity index (χ2v) is 29.1. The zero-order valence-corrected chi connectivity index (χ0v) is 63.8. The Morgan fingerprint density at radius 2 is 1.48 bits per heavy atom. The molecule has 31 heteroatoms. The number of carbonyl (C=O) groups excluding carboxylic acids is 13. The number of likely N-dealkylation sites (tertiary alicyclic amines) is 1. The molecule has 110 heavy (non-hydrogen) atoms. The van der Waals surface area contributed by atoms with Crippen LogP contribution in [-0.2, 0) is 88.4 Å². The van der Waals surface area contributed by atoms with Crippen LogP contribution in [0.1, 0.15) is 147 Å². The number of nitrogens with zero attached hydrogens (tertiary/aromatic N) is 8. The highest BCUT2D eigenvalue weighted by Crippen LogP contribution is 2.40. The van der Waals surface area contributed by atoms with E-state index in [1.54, 1.807) is 136 Å². The van der Waals surface area contributed by atoms with Crippen LogP contribution in [0.4, 0.5) is 22.0 Å². The second kappa shape index (κ2) is 36.4. The maximum Gasteiger partial charge on any atom is 0.416 e. The van der Waals surface area contributed by atoms with E-state index in [0.717, 1.165) is 15.2 Å². The van der Waals surface area contributed by atoms with Crippen molar-refractivity contribution in [1.82, 2.24) is 43.7 Å². The van der Waals surface area contributed by atoms with Gasteiger partial charge in [0.15, 0.2) is 29.4 Å². The van der Waals surface area contributed by atoms with Gasteiger partial charge in [0.2, 0.25) is 35.3 Å². The number of aliphatic hydroxyl groups excluding tert-OH is 1. The third-order valence-corrected chi connectivity index (χ3v) is 20.4. The first-order valence-corrected chi connectivity index (χ1v) is 37.5. The summed E-state index contributed by atoms with van der Waals surface area (Å²) in [6, 6.07) is 18.0. The van der Waals surface area contributed by atoms with Crippen molar-refractivity contribution in [3.8, 4) is 5.75 Å². The fourth-order valence-electron chi connectivity index (χ4n) is 13.4. The molecule has 2 fully saturated rings. The number of ketones is 4. The summed E-state index contributed by atoms with van der Waals surface area (Å²) < 4.78 is 29.2. The van der Waals surface area contributed by atoms with E-state index in [4.69, 9.17) is 18.9 Å². The summed E-state index contributed by atoms with van der Waals surface area (Å²) in [6.07, 6.45) is 5.98. The van der Waals surface area contributed by atoms with Crippen LogP contribution in [0.25, 0.3) is 10.9 Å². The van der Waals surface area contributed by atoms with Crippen molar-refractivity contribution in [3.63, 3.8) is 0 Å². The van der Waals surface area contributed by atoms with E-state index >= 15 is 0 Å². The summed E-state index contributed by atoms with van der Waals surface area (Å²) in [6.45, 7) is 13.3. The number of thioether (sulfide) groups is 1. The minimum absolute atomic E-state index is 0.00795. The second-order valence-electron chi connectivity index (χ2n) is 28.1. The molecule has 5 atom stereocenters. The number of imide groups is 1. The average molecular weight is 1530 g/mol. The number of amides is 8. The number of rotatable bonds is 36. The van der Waals surface area contributed by atoms with Crippen molar-refractivity contribution in [2.45, 2.75) is 123 Å². The number of anilines is 3. The van der Waals surface area contributed by atoms with E-state index in [2.05, 4.69) is 32.8 Å². The molecule has 7 heterocycles. The maximum absolute atomic E-state index is 14.3. The molecule has 7 aromatic rings. The molecule has 3 aromatic carbocycles. The Morgan fingerprint density at radius 1 is 0.755 bits per heavy atom. The minimum atomic E-state index is -1.57. The molecule has 0 saturated carbocycles. The van der Waals surface area contributed by atoms with Crippen LogP contribution >= 0.6 is 11.8 Å². The molecule has 0 radical (unpaired) electrons. The molecule has 0 aliphatic carbocycles. The lowest BCUT2D eigenvalue weighted by atomic mass is 9.88. The average Bonchev–Trinajstić information content (AvgIpc) is 1.65. The van der Waals surface area contributed by atoms with Gasteiger partial charge in [-0.25, -0.2) is 14.7 Å². The van der Waals surface area contributed by atoms with Crippen LogP contribution in [0.5, 0.6) is 5.75 Å². The summed E-state index contributed by atoms with van der Waals surface area (Å²) in [4.78, 5) is 179. The highest BCUT2D eigenvalue weighted by molar-refractivity contribution is 8.00. The molecule has 582 valence electrons. The van der Waals surface area contributed by atoms with E-state index in [0.29, 0.717) is 50.3 Å². The molecule has 8 amide bonds. The van der Waals surface area contributed by atoms with Crippen LogP contribution in [-0.4, -0.2) is 197 Å². The van der Waals surface area contributed by atoms with Gasteiger partial charge in [-0.2, -0.15) is 11.8 Å². The third-order valence-electron chi connectivity index (χ3n) is 19.5. The number of hydrogen-bond donors (Lipinski definition) is 5. The number of imidazole rings is 1. The van der Waals surface area contributed by atoms with Crippen molar-refractivity contribution in [1.29, 1.82) is 0 Å². The number of hydrogen-bond acceptors (Lipinski definition) is 20. The number of nitrogens with one attached hydrogen (secondary N) is 4. The Kier molecular flexibility index (Phi) is 26.9. The van der Waals surface area contributed by atoms with Crippen LogP contribution in [0, 0.1) is 18.8 Å². The summed E-state index contributed by atoms with van der Waals surface area (Å²) >= 11 is 1.31. The van der Waals surface area contributed by atoms with E-state index in [1.165, 1.54) is 45.0 Å².